The van der Waals surface area contributed by atoms with E-state index in [1.807, 2.05) is 12.1 Å². The van der Waals surface area contributed by atoms with Crippen molar-refractivity contribution >= 4 is 27.5 Å². The van der Waals surface area contributed by atoms with Crippen LogP contribution in [0.2, 0.25) is 5.02 Å². The largest absolute Gasteiger partial charge is 0.497 e. The molecule has 0 N–H and O–H groups in total. The molecule has 0 saturated heterocycles. The van der Waals surface area contributed by atoms with Crippen molar-refractivity contribution in [3.8, 4) is 5.75 Å². The monoisotopic (exact) mass is 328 g/mol. The number of alkyl halides is 1. The Morgan fingerprint density at radius 1 is 1.28 bits per heavy atom. The fourth-order valence-corrected chi connectivity index (χ4v) is 5.15. The van der Waals surface area contributed by atoms with E-state index in [0.717, 1.165) is 28.5 Å². The lowest BCUT2D eigenvalue weighted by Gasteiger charge is -2.13. The van der Waals surface area contributed by atoms with Crippen LogP contribution in [0.3, 0.4) is 0 Å². The fraction of sp³-hybridized carbons (Fsp3) is 0.600. The summed E-state index contributed by atoms with van der Waals surface area (Å²) >= 11 is 10.2. The molecule has 0 radical (unpaired) electrons. The van der Waals surface area contributed by atoms with Crippen LogP contribution in [0.15, 0.2) is 18.2 Å². The molecular weight excluding hydrogens is 312 g/mol. The molecule has 2 saturated carbocycles. The molecule has 2 aliphatic carbocycles. The quantitative estimate of drug-likeness (QED) is 0.691. The van der Waals surface area contributed by atoms with Gasteiger partial charge in [-0.3, -0.25) is 0 Å². The van der Waals surface area contributed by atoms with Gasteiger partial charge in [0.05, 0.1) is 7.11 Å². The van der Waals surface area contributed by atoms with E-state index in [1.54, 1.807) is 7.11 Å². The number of rotatable bonds is 3. The van der Waals surface area contributed by atoms with Gasteiger partial charge in [-0.1, -0.05) is 46.4 Å². The molecule has 98 valence electrons. The van der Waals surface area contributed by atoms with Gasteiger partial charge >= 0.3 is 0 Å². The minimum Gasteiger partial charge on any atom is -0.497 e. The van der Waals surface area contributed by atoms with Crippen molar-refractivity contribution in [3.63, 3.8) is 0 Å². The number of hydrogen-bond acceptors (Lipinski definition) is 1. The molecule has 0 amide bonds. The van der Waals surface area contributed by atoms with Crippen LogP contribution in [0.25, 0.3) is 0 Å². The van der Waals surface area contributed by atoms with E-state index in [2.05, 4.69) is 22.0 Å². The Bertz CT molecular complexity index is 436. The van der Waals surface area contributed by atoms with E-state index < -0.39 is 0 Å². The summed E-state index contributed by atoms with van der Waals surface area (Å²) in [6.45, 7) is 0. The summed E-state index contributed by atoms with van der Waals surface area (Å²) in [6.07, 6.45) is 5.64. The molecule has 0 heterocycles. The zero-order valence-electron chi connectivity index (χ0n) is 10.5. The highest BCUT2D eigenvalue weighted by Crippen LogP contribution is 2.63. The second-order valence-electron chi connectivity index (χ2n) is 5.48. The predicted octanol–water partition coefficient (Wildman–Crippen LogP) is 5.22. The molecular formula is C15H18BrClO. The van der Waals surface area contributed by atoms with Gasteiger partial charge in [0, 0.05) is 9.85 Å². The normalized spacial score (nSPS) is 31.6. The van der Waals surface area contributed by atoms with Gasteiger partial charge in [0.25, 0.3) is 0 Å². The van der Waals surface area contributed by atoms with E-state index in [1.165, 1.54) is 31.2 Å². The maximum absolute atomic E-state index is 6.36. The second kappa shape index (κ2) is 5.05. The molecule has 0 spiro atoms. The average Bonchev–Trinajstić information content (AvgIpc) is 3.12. The summed E-state index contributed by atoms with van der Waals surface area (Å²) < 4.78 is 5.20. The summed E-state index contributed by atoms with van der Waals surface area (Å²) in [5, 5.41) is 0.819. The zero-order valence-corrected chi connectivity index (χ0v) is 12.9. The van der Waals surface area contributed by atoms with Crippen molar-refractivity contribution in [2.75, 3.05) is 7.11 Å². The maximum Gasteiger partial charge on any atom is 0.120 e. The first-order chi connectivity index (χ1) is 8.72. The summed E-state index contributed by atoms with van der Waals surface area (Å²) in [5.74, 6) is 3.48. The minimum atomic E-state index is 0.406. The molecule has 3 heteroatoms. The van der Waals surface area contributed by atoms with Crippen molar-refractivity contribution in [1.29, 1.82) is 0 Å². The zero-order chi connectivity index (χ0) is 12.7. The van der Waals surface area contributed by atoms with Gasteiger partial charge in [0.1, 0.15) is 5.75 Å². The molecule has 3 atom stereocenters. The van der Waals surface area contributed by atoms with Crippen LogP contribution in [0.4, 0.5) is 0 Å². The number of methoxy groups -OCH3 is 1. The Labute approximate surface area is 122 Å². The minimum absolute atomic E-state index is 0.406. The molecule has 0 aromatic heterocycles. The summed E-state index contributed by atoms with van der Waals surface area (Å²) in [6, 6.07) is 6.02. The van der Waals surface area contributed by atoms with Crippen LogP contribution < -0.4 is 4.74 Å². The predicted molar refractivity (Wildman–Crippen MR) is 78.6 cm³/mol. The van der Waals surface area contributed by atoms with Crippen LogP contribution in [0.5, 0.6) is 5.75 Å². The SMILES string of the molecule is COc1ccc(C(Br)C2C3CCCCC32)c(Cl)c1. The molecule has 2 fully saturated rings. The lowest BCUT2D eigenvalue weighted by Crippen LogP contribution is -1.97. The molecule has 0 aliphatic heterocycles. The Hall–Kier alpha value is -0.210. The van der Waals surface area contributed by atoms with Gasteiger partial charge in [-0.05, 0) is 48.3 Å². The van der Waals surface area contributed by atoms with Crippen LogP contribution >= 0.6 is 27.5 Å². The highest BCUT2D eigenvalue weighted by atomic mass is 79.9. The van der Waals surface area contributed by atoms with Crippen LogP contribution in [0, 0.1) is 17.8 Å². The summed E-state index contributed by atoms with van der Waals surface area (Å²) in [4.78, 5) is 0.406. The molecule has 1 aromatic rings. The van der Waals surface area contributed by atoms with Crippen LogP contribution in [-0.4, -0.2) is 7.11 Å². The third-order valence-electron chi connectivity index (χ3n) is 4.57. The summed E-state index contributed by atoms with van der Waals surface area (Å²) in [7, 11) is 1.67. The van der Waals surface area contributed by atoms with E-state index in [-0.39, 0.29) is 0 Å². The number of fused-ring (bicyclic) bond motifs is 1. The fourth-order valence-electron chi connectivity index (χ4n) is 3.55. The number of ether oxygens (including phenoxy) is 1. The van der Waals surface area contributed by atoms with Crippen molar-refractivity contribution < 1.29 is 4.74 Å². The van der Waals surface area contributed by atoms with Crippen molar-refractivity contribution in [2.24, 2.45) is 17.8 Å². The molecule has 18 heavy (non-hydrogen) atoms. The van der Waals surface area contributed by atoms with Crippen molar-refractivity contribution in [1.82, 2.24) is 0 Å². The molecule has 2 aliphatic rings. The maximum atomic E-state index is 6.36. The van der Waals surface area contributed by atoms with E-state index >= 15 is 0 Å². The number of hydrogen-bond donors (Lipinski definition) is 0. The van der Waals surface area contributed by atoms with Gasteiger partial charge in [-0.25, -0.2) is 0 Å². The van der Waals surface area contributed by atoms with Gasteiger partial charge in [-0.15, -0.1) is 0 Å². The van der Waals surface area contributed by atoms with Gasteiger partial charge in [0.2, 0.25) is 0 Å². The smallest absolute Gasteiger partial charge is 0.120 e. The van der Waals surface area contributed by atoms with E-state index in [0.29, 0.717) is 4.83 Å². The highest BCUT2D eigenvalue weighted by molar-refractivity contribution is 9.09. The Balaban J connectivity index is 1.78. The lowest BCUT2D eigenvalue weighted by atomic mass is 10.0. The molecule has 1 nitrogen and oxygen atoms in total. The van der Waals surface area contributed by atoms with Crippen molar-refractivity contribution in [2.45, 2.75) is 30.5 Å². The first kappa shape index (κ1) is 12.8. The first-order valence-corrected chi connectivity index (χ1v) is 7.99. The number of benzene rings is 1. The lowest BCUT2D eigenvalue weighted by molar-refractivity contribution is 0.414. The van der Waals surface area contributed by atoms with Crippen molar-refractivity contribution in [3.05, 3.63) is 28.8 Å². The van der Waals surface area contributed by atoms with Crippen LogP contribution in [-0.2, 0) is 0 Å². The second-order valence-corrected chi connectivity index (χ2v) is 6.87. The average molecular weight is 330 g/mol. The highest BCUT2D eigenvalue weighted by Gasteiger charge is 2.53. The Morgan fingerprint density at radius 3 is 2.50 bits per heavy atom. The topological polar surface area (TPSA) is 9.23 Å². The molecule has 1 aromatic carbocycles. The van der Waals surface area contributed by atoms with E-state index in [9.17, 15) is 0 Å². The van der Waals surface area contributed by atoms with Gasteiger partial charge in [0.15, 0.2) is 0 Å². The number of halogens is 2. The molecule has 0 bridgehead atoms. The van der Waals surface area contributed by atoms with Crippen LogP contribution in [0.1, 0.15) is 36.1 Å². The van der Waals surface area contributed by atoms with E-state index in [4.69, 9.17) is 16.3 Å². The Kier molecular flexibility index (Phi) is 3.59. The Morgan fingerprint density at radius 2 is 1.94 bits per heavy atom. The summed E-state index contributed by atoms with van der Waals surface area (Å²) in [5.41, 5.74) is 1.22. The third kappa shape index (κ3) is 2.18. The van der Waals surface area contributed by atoms with Gasteiger partial charge < -0.3 is 4.74 Å². The molecule has 3 unspecified atom stereocenters. The standard InChI is InChI=1S/C15H18BrClO/c1-18-9-6-7-12(13(17)8-9)15(16)14-10-4-2-3-5-11(10)14/h6-8,10-11,14-15H,2-5H2,1H3. The van der Waals surface area contributed by atoms with Gasteiger partial charge in [-0.2, -0.15) is 0 Å². The third-order valence-corrected chi connectivity index (χ3v) is 6.00. The first-order valence-electron chi connectivity index (χ1n) is 6.70. The molecule has 3 rings (SSSR count).